The third-order valence-corrected chi connectivity index (χ3v) is 4.29. The van der Waals surface area contributed by atoms with Gasteiger partial charge in [0.25, 0.3) is 10.0 Å². The smallest absolute Gasteiger partial charge is 0.273 e. The topological polar surface area (TPSA) is 71.3 Å². The first-order valence-electron chi connectivity index (χ1n) is 6.02. The molecule has 0 aromatic carbocycles. The number of hydrogen-bond acceptors (Lipinski definition) is 4. The Kier molecular flexibility index (Phi) is 4.21. The minimum Gasteiger partial charge on any atom is -0.447 e. The zero-order valence-corrected chi connectivity index (χ0v) is 11.2. The van der Waals surface area contributed by atoms with Crippen LogP contribution < -0.4 is 10.0 Å². The molecule has 6 heteroatoms. The van der Waals surface area contributed by atoms with Crippen LogP contribution in [0.5, 0.6) is 0 Å². The molecule has 1 unspecified atom stereocenters. The van der Waals surface area contributed by atoms with Crippen LogP contribution in [0.3, 0.4) is 0 Å². The molecule has 0 amide bonds. The number of nitrogens with one attached hydrogen (secondary N) is 2. The summed E-state index contributed by atoms with van der Waals surface area (Å²) >= 11 is 0. The Morgan fingerprint density at radius 2 is 2.22 bits per heavy atom. The molecule has 1 aromatic rings. The van der Waals surface area contributed by atoms with Crippen molar-refractivity contribution in [2.75, 3.05) is 7.05 Å². The third-order valence-electron chi connectivity index (χ3n) is 3.00. The van der Waals surface area contributed by atoms with Crippen LogP contribution in [0.15, 0.2) is 33.8 Å². The average Bonchev–Trinajstić information content (AvgIpc) is 2.87. The van der Waals surface area contributed by atoms with E-state index in [1.165, 1.54) is 13.1 Å². The lowest BCUT2D eigenvalue weighted by Crippen LogP contribution is -2.28. The van der Waals surface area contributed by atoms with Crippen molar-refractivity contribution in [1.29, 1.82) is 0 Å². The van der Waals surface area contributed by atoms with E-state index in [4.69, 9.17) is 4.42 Å². The van der Waals surface area contributed by atoms with Crippen molar-refractivity contribution in [2.24, 2.45) is 0 Å². The van der Waals surface area contributed by atoms with Crippen molar-refractivity contribution in [3.05, 3.63) is 30.0 Å². The predicted octanol–water partition coefficient (Wildman–Crippen LogP) is 1.39. The summed E-state index contributed by atoms with van der Waals surface area (Å²) in [5, 5.41) is 3.32. The van der Waals surface area contributed by atoms with Gasteiger partial charge in [-0.3, -0.25) is 0 Å². The lowest BCUT2D eigenvalue weighted by molar-refractivity contribution is 0.380. The average molecular weight is 270 g/mol. The van der Waals surface area contributed by atoms with Gasteiger partial charge in [0.05, 0.1) is 6.54 Å². The fourth-order valence-corrected chi connectivity index (χ4v) is 2.59. The molecular weight excluding hydrogens is 252 g/mol. The van der Waals surface area contributed by atoms with Gasteiger partial charge in [-0.2, -0.15) is 0 Å². The van der Waals surface area contributed by atoms with Crippen LogP contribution in [0.25, 0.3) is 0 Å². The number of allylic oxidation sites excluding steroid dienone is 1. The first-order valence-corrected chi connectivity index (χ1v) is 7.51. The molecule has 0 saturated carbocycles. The molecule has 0 aliphatic heterocycles. The minimum atomic E-state index is -3.48. The Morgan fingerprint density at radius 3 is 2.89 bits per heavy atom. The van der Waals surface area contributed by atoms with Crippen LogP contribution in [0, 0.1) is 0 Å². The molecule has 2 rings (SSSR count). The summed E-state index contributed by atoms with van der Waals surface area (Å²) in [6.45, 7) is 0.553. The van der Waals surface area contributed by atoms with E-state index in [0.29, 0.717) is 18.3 Å². The lowest BCUT2D eigenvalue weighted by atomic mass is 10.0. The molecule has 0 bridgehead atoms. The molecule has 0 radical (unpaired) electrons. The van der Waals surface area contributed by atoms with Crippen molar-refractivity contribution >= 4 is 10.0 Å². The number of hydrogen-bond donors (Lipinski definition) is 2. The highest BCUT2D eigenvalue weighted by Crippen LogP contribution is 2.15. The quantitative estimate of drug-likeness (QED) is 0.793. The van der Waals surface area contributed by atoms with Gasteiger partial charge < -0.3 is 9.73 Å². The van der Waals surface area contributed by atoms with Crippen LogP contribution in [-0.2, 0) is 16.6 Å². The summed E-state index contributed by atoms with van der Waals surface area (Å²) in [6, 6.07) is 3.61. The van der Waals surface area contributed by atoms with Gasteiger partial charge in [-0.1, -0.05) is 12.2 Å². The molecule has 1 aliphatic carbocycles. The highest BCUT2D eigenvalue weighted by atomic mass is 32.2. The summed E-state index contributed by atoms with van der Waals surface area (Å²) in [5.41, 5.74) is 0. The number of furan rings is 1. The molecular formula is C12H18N2O3S. The Morgan fingerprint density at radius 1 is 1.39 bits per heavy atom. The summed E-state index contributed by atoms with van der Waals surface area (Å²) < 4.78 is 30.5. The van der Waals surface area contributed by atoms with E-state index in [0.717, 1.165) is 19.3 Å². The van der Waals surface area contributed by atoms with Crippen molar-refractivity contribution in [3.63, 3.8) is 0 Å². The summed E-state index contributed by atoms with van der Waals surface area (Å²) in [5.74, 6) is 0.637. The molecule has 2 N–H and O–H groups in total. The maximum Gasteiger partial charge on any atom is 0.273 e. The standard InChI is InChI=1S/C12H18N2O3S/c1-13-18(15,16)12-8-7-11(17-12)9-14-10-5-3-2-4-6-10/h2-3,7-8,10,13-14H,4-6,9H2,1H3. The van der Waals surface area contributed by atoms with Gasteiger partial charge in [-0.15, -0.1) is 0 Å². The van der Waals surface area contributed by atoms with Gasteiger partial charge in [0, 0.05) is 6.04 Å². The molecule has 0 fully saturated rings. The van der Waals surface area contributed by atoms with Gasteiger partial charge in [0.1, 0.15) is 5.76 Å². The van der Waals surface area contributed by atoms with Crippen molar-refractivity contribution in [3.8, 4) is 0 Å². The molecule has 100 valence electrons. The van der Waals surface area contributed by atoms with Crippen LogP contribution >= 0.6 is 0 Å². The molecule has 5 nitrogen and oxygen atoms in total. The van der Waals surface area contributed by atoms with Gasteiger partial charge in [-0.25, -0.2) is 13.1 Å². The monoisotopic (exact) mass is 270 g/mol. The van der Waals surface area contributed by atoms with Crippen LogP contribution in [0.2, 0.25) is 0 Å². The second-order valence-electron chi connectivity index (χ2n) is 4.29. The molecule has 1 aromatic heterocycles. The second kappa shape index (κ2) is 5.69. The molecule has 0 saturated heterocycles. The normalized spacial score (nSPS) is 20.2. The maximum atomic E-state index is 11.5. The summed E-state index contributed by atoms with van der Waals surface area (Å²) in [6.07, 6.45) is 7.57. The molecule has 1 atom stereocenters. The third kappa shape index (κ3) is 3.22. The Labute approximate surface area is 107 Å². The number of sulfonamides is 1. The first kappa shape index (κ1) is 13.3. The molecule has 0 spiro atoms. The fourth-order valence-electron chi connectivity index (χ4n) is 1.92. The SMILES string of the molecule is CNS(=O)(=O)c1ccc(CNC2CC=CCC2)o1. The Bertz CT molecular complexity index is 519. The first-order chi connectivity index (χ1) is 8.62. The maximum absolute atomic E-state index is 11.5. The van der Waals surface area contributed by atoms with Gasteiger partial charge in [0.2, 0.25) is 5.09 Å². The predicted molar refractivity (Wildman–Crippen MR) is 68.6 cm³/mol. The highest BCUT2D eigenvalue weighted by molar-refractivity contribution is 7.89. The fraction of sp³-hybridized carbons (Fsp3) is 0.500. The highest BCUT2D eigenvalue weighted by Gasteiger charge is 2.17. The second-order valence-corrected chi connectivity index (χ2v) is 6.11. The van der Waals surface area contributed by atoms with Gasteiger partial charge in [-0.05, 0) is 38.4 Å². The van der Waals surface area contributed by atoms with E-state index < -0.39 is 10.0 Å². The zero-order chi connectivity index (χ0) is 13.0. The van der Waals surface area contributed by atoms with E-state index in [2.05, 4.69) is 22.2 Å². The molecule has 18 heavy (non-hydrogen) atoms. The summed E-state index contributed by atoms with van der Waals surface area (Å²) in [7, 11) is -2.11. The van der Waals surface area contributed by atoms with Gasteiger partial charge >= 0.3 is 0 Å². The van der Waals surface area contributed by atoms with Crippen LogP contribution in [0.4, 0.5) is 0 Å². The molecule has 1 aliphatic rings. The lowest BCUT2D eigenvalue weighted by Gasteiger charge is -2.18. The largest absolute Gasteiger partial charge is 0.447 e. The Balaban J connectivity index is 1.93. The van der Waals surface area contributed by atoms with Crippen molar-refractivity contribution < 1.29 is 12.8 Å². The van der Waals surface area contributed by atoms with Crippen molar-refractivity contribution in [1.82, 2.24) is 10.0 Å². The summed E-state index contributed by atoms with van der Waals surface area (Å²) in [4.78, 5) is 0. The zero-order valence-electron chi connectivity index (χ0n) is 10.3. The van der Waals surface area contributed by atoms with E-state index >= 15 is 0 Å². The van der Waals surface area contributed by atoms with E-state index in [-0.39, 0.29) is 5.09 Å². The van der Waals surface area contributed by atoms with Gasteiger partial charge in [0.15, 0.2) is 0 Å². The Hall–Kier alpha value is -1.11. The van der Waals surface area contributed by atoms with Crippen LogP contribution in [-0.4, -0.2) is 21.5 Å². The molecule has 1 heterocycles. The van der Waals surface area contributed by atoms with E-state index in [9.17, 15) is 8.42 Å². The number of rotatable bonds is 5. The van der Waals surface area contributed by atoms with E-state index in [1.54, 1.807) is 6.07 Å². The van der Waals surface area contributed by atoms with Crippen molar-refractivity contribution in [2.45, 2.75) is 36.9 Å². The minimum absolute atomic E-state index is 0.0367. The van der Waals surface area contributed by atoms with Crippen LogP contribution in [0.1, 0.15) is 25.0 Å². The van der Waals surface area contributed by atoms with E-state index in [1.807, 2.05) is 0 Å².